The Balaban J connectivity index is 3.24. The number of anilines is 1. The number of nitrogens with one attached hydrogen (secondary N) is 1. The van der Waals surface area contributed by atoms with Crippen LogP contribution >= 0.6 is 0 Å². The lowest BCUT2D eigenvalue weighted by atomic mass is 9.91. The highest BCUT2D eigenvalue weighted by molar-refractivity contribution is 7.89. The van der Waals surface area contributed by atoms with Crippen molar-refractivity contribution in [3.63, 3.8) is 0 Å². The average Bonchev–Trinajstić information content (AvgIpc) is 2.41. The van der Waals surface area contributed by atoms with Crippen LogP contribution in [-0.4, -0.2) is 14.0 Å². The van der Waals surface area contributed by atoms with Crippen molar-refractivity contribution in [1.29, 1.82) is 0 Å². The molecule has 0 saturated carbocycles. The van der Waals surface area contributed by atoms with Gasteiger partial charge < -0.3 is 5.73 Å². The molecule has 0 amide bonds. The molecule has 0 atom stereocenters. The van der Waals surface area contributed by atoms with Gasteiger partial charge in [0, 0.05) is 16.8 Å². The molecule has 0 unspecified atom stereocenters. The molecular weight excluding hydrogens is 279 g/mol. The van der Waals surface area contributed by atoms with Crippen LogP contribution < -0.4 is 10.5 Å². The van der Waals surface area contributed by atoms with Gasteiger partial charge in [-0.05, 0) is 38.3 Å². The maximum atomic E-state index is 13.7. The number of nitrogen functional groups attached to an aromatic ring is 1. The first-order valence-corrected chi connectivity index (χ1v) is 8.29. The lowest BCUT2D eigenvalue weighted by Gasteiger charge is -2.31. The smallest absolute Gasteiger partial charge is 0.241 e. The average molecular weight is 302 g/mol. The van der Waals surface area contributed by atoms with Crippen LogP contribution in [-0.2, 0) is 10.0 Å². The van der Waals surface area contributed by atoms with Gasteiger partial charge in [0.25, 0.3) is 0 Å². The van der Waals surface area contributed by atoms with E-state index >= 15 is 0 Å². The molecule has 6 heteroatoms. The molecule has 1 rings (SSSR count). The molecule has 4 nitrogen and oxygen atoms in total. The van der Waals surface area contributed by atoms with Gasteiger partial charge in [-0.25, -0.2) is 17.5 Å². The van der Waals surface area contributed by atoms with Crippen molar-refractivity contribution in [3.05, 3.63) is 23.5 Å². The summed E-state index contributed by atoms with van der Waals surface area (Å²) in [4.78, 5) is -0.127. The van der Waals surface area contributed by atoms with Crippen molar-refractivity contribution in [2.24, 2.45) is 0 Å². The maximum Gasteiger partial charge on any atom is 0.241 e. The van der Waals surface area contributed by atoms with E-state index in [1.54, 1.807) is 0 Å². The van der Waals surface area contributed by atoms with Crippen molar-refractivity contribution in [2.45, 2.75) is 57.4 Å². The molecule has 0 radical (unpaired) electrons. The predicted octanol–water partition coefficient (Wildman–Crippen LogP) is 2.96. The van der Waals surface area contributed by atoms with E-state index in [0.717, 1.165) is 6.07 Å². The predicted molar refractivity (Wildman–Crippen MR) is 79.5 cm³/mol. The number of hydrogen-bond donors (Lipinski definition) is 2. The third-order valence-corrected chi connectivity index (χ3v) is 5.61. The van der Waals surface area contributed by atoms with Crippen LogP contribution in [0.5, 0.6) is 0 Å². The van der Waals surface area contributed by atoms with Crippen molar-refractivity contribution in [3.8, 4) is 0 Å². The van der Waals surface area contributed by atoms with Gasteiger partial charge in [-0.3, -0.25) is 0 Å². The molecule has 0 aliphatic rings. The fourth-order valence-electron chi connectivity index (χ4n) is 2.14. The molecule has 1 aromatic rings. The highest BCUT2D eigenvalue weighted by Crippen LogP contribution is 2.25. The number of sulfonamides is 1. The Morgan fingerprint density at radius 2 is 1.70 bits per heavy atom. The third kappa shape index (κ3) is 3.30. The molecule has 0 aliphatic heterocycles. The second-order valence-corrected chi connectivity index (χ2v) is 6.75. The molecule has 114 valence electrons. The zero-order chi connectivity index (χ0) is 15.6. The Bertz CT molecular complexity index is 550. The van der Waals surface area contributed by atoms with Gasteiger partial charge in [0.1, 0.15) is 5.82 Å². The second-order valence-electron chi connectivity index (χ2n) is 5.07. The first-order valence-electron chi connectivity index (χ1n) is 6.81. The van der Waals surface area contributed by atoms with Crippen molar-refractivity contribution in [1.82, 2.24) is 4.72 Å². The standard InChI is InChI=1S/C14H23FN2O2S/c1-5-14(6-2,7-3)17-20(18,19)11-8-12(15)10(4)13(16)9-11/h8-9,17H,5-7,16H2,1-4H3. The highest BCUT2D eigenvalue weighted by Gasteiger charge is 2.30. The van der Waals surface area contributed by atoms with Gasteiger partial charge in [-0.2, -0.15) is 0 Å². The molecule has 0 fully saturated rings. The first kappa shape index (κ1) is 16.9. The van der Waals surface area contributed by atoms with Crippen LogP contribution in [0.2, 0.25) is 0 Å². The molecule has 0 bridgehead atoms. The van der Waals surface area contributed by atoms with E-state index in [1.807, 2.05) is 20.8 Å². The Labute approximate surface area is 120 Å². The Morgan fingerprint density at radius 3 is 2.10 bits per heavy atom. The number of nitrogens with two attached hydrogens (primary N) is 1. The Morgan fingerprint density at radius 1 is 1.20 bits per heavy atom. The van der Waals surface area contributed by atoms with E-state index in [-0.39, 0.29) is 16.1 Å². The van der Waals surface area contributed by atoms with E-state index in [0.29, 0.717) is 19.3 Å². The second kappa shape index (κ2) is 6.10. The van der Waals surface area contributed by atoms with Crippen LogP contribution in [0.1, 0.15) is 45.6 Å². The van der Waals surface area contributed by atoms with E-state index < -0.39 is 21.4 Å². The van der Waals surface area contributed by atoms with Gasteiger partial charge in [0.15, 0.2) is 0 Å². The normalized spacial score (nSPS) is 12.7. The first-order chi connectivity index (χ1) is 9.21. The summed E-state index contributed by atoms with van der Waals surface area (Å²) < 4.78 is 41.2. The minimum Gasteiger partial charge on any atom is -0.398 e. The van der Waals surface area contributed by atoms with Crippen LogP contribution in [0.25, 0.3) is 0 Å². The molecule has 20 heavy (non-hydrogen) atoms. The number of halogens is 1. The summed E-state index contributed by atoms with van der Waals surface area (Å²) in [5.74, 6) is -0.611. The van der Waals surface area contributed by atoms with Crippen LogP contribution in [0, 0.1) is 12.7 Å². The molecule has 0 spiro atoms. The van der Waals surface area contributed by atoms with Gasteiger partial charge in [0.05, 0.1) is 4.90 Å². The highest BCUT2D eigenvalue weighted by atomic mass is 32.2. The molecule has 0 aliphatic carbocycles. The maximum absolute atomic E-state index is 13.7. The summed E-state index contributed by atoms with van der Waals surface area (Å²) in [6.45, 7) is 7.31. The van der Waals surface area contributed by atoms with Crippen LogP contribution in [0.4, 0.5) is 10.1 Å². The fraction of sp³-hybridized carbons (Fsp3) is 0.571. The van der Waals surface area contributed by atoms with Crippen molar-refractivity contribution < 1.29 is 12.8 Å². The number of benzene rings is 1. The molecule has 3 N–H and O–H groups in total. The lowest BCUT2D eigenvalue weighted by molar-refractivity contribution is 0.341. The van der Waals surface area contributed by atoms with E-state index in [1.165, 1.54) is 13.0 Å². The van der Waals surface area contributed by atoms with E-state index in [9.17, 15) is 12.8 Å². The Kier molecular flexibility index (Phi) is 5.15. The quantitative estimate of drug-likeness (QED) is 0.794. The van der Waals surface area contributed by atoms with Crippen LogP contribution in [0.3, 0.4) is 0 Å². The van der Waals surface area contributed by atoms with Gasteiger partial charge in [0.2, 0.25) is 10.0 Å². The van der Waals surface area contributed by atoms with Crippen LogP contribution in [0.15, 0.2) is 17.0 Å². The summed E-state index contributed by atoms with van der Waals surface area (Å²) in [7, 11) is -3.79. The molecule has 0 heterocycles. The molecule has 1 aromatic carbocycles. The van der Waals surface area contributed by atoms with Gasteiger partial charge in [-0.1, -0.05) is 20.8 Å². The number of hydrogen-bond acceptors (Lipinski definition) is 3. The van der Waals surface area contributed by atoms with E-state index in [4.69, 9.17) is 5.73 Å². The summed E-state index contributed by atoms with van der Waals surface area (Å²) in [5, 5.41) is 0. The van der Waals surface area contributed by atoms with E-state index in [2.05, 4.69) is 4.72 Å². The zero-order valence-electron chi connectivity index (χ0n) is 12.5. The summed E-state index contributed by atoms with van der Waals surface area (Å²) in [5.41, 5.74) is 5.54. The Hall–Kier alpha value is -1.14. The lowest BCUT2D eigenvalue weighted by Crippen LogP contribution is -2.47. The van der Waals surface area contributed by atoms with Gasteiger partial charge >= 0.3 is 0 Å². The van der Waals surface area contributed by atoms with Crippen molar-refractivity contribution >= 4 is 15.7 Å². The largest absolute Gasteiger partial charge is 0.398 e. The van der Waals surface area contributed by atoms with Crippen molar-refractivity contribution in [2.75, 3.05) is 5.73 Å². The molecule has 0 aromatic heterocycles. The number of rotatable bonds is 6. The molecular formula is C14H23FN2O2S. The SMILES string of the molecule is CCC(CC)(CC)NS(=O)(=O)c1cc(N)c(C)c(F)c1. The zero-order valence-corrected chi connectivity index (χ0v) is 13.3. The monoisotopic (exact) mass is 302 g/mol. The summed E-state index contributed by atoms with van der Waals surface area (Å²) >= 11 is 0. The summed E-state index contributed by atoms with van der Waals surface area (Å²) in [6.07, 6.45) is 2.01. The topological polar surface area (TPSA) is 72.2 Å². The minimum absolute atomic E-state index is 0.127. The molecule has 0 saturated heterocycles. The third-order valence-electron chi connectivity index (χ3n) is 4.05. The van der Waals surface area contributed by atoms with Gasteiger partial charge in [-0.15, -0.1) is 0 Å². The summed E-state index contributed by atoms with van der Waals surface area (Å²) in [6, 6.07) is 2.31. The minimum atomic E-state index is -3.79. The fourth-order valence-corrected chi connectivity index (χ4v) is 3.80.